The lowest BCUT2D eigenvalue weighted by molar-refractivity contribution is -0.143. The fraction of sp³-hybridized carbons (Fsp3) is 0.364. The van der Waals surface area contributed by atoms with Crippen LogP contribution in [0, 0.1) is 0 Å². The van der Waals surface area contributed by atoms with Crippen LogP contribution >= 0.6 is 0 Å². The van der Waals surface area contributed by atoms with E-state index < -0.39 is 23.2 Å². The minimum absolute atomic E-state index is 0.0653. The Bertz CT molecular complexity index is 484. The van der Waals surface area contributed by atoms with Crippen molar-refractivity contribution >= 4 is 5.97 Å². The quantitative estimate of drug-likeness (QED) is 0.789. The highest BCUT2D eigenvalue weighted by Crippen LogP contribution is 2.35. The van der Waals surface area contributed by atoms with E-state index in [1.54, 1.807) is 0 Å². The number of alkyl halides is 3. The molecule has 0 bridgehead atoms. The van der Waals surface area contributed by atoms with Gasteiger partial charge in [0, 0.05) is 12.8 Å². The molecule has 3 N–H and O–H groups in total. The molecule has 2 rings (SSSR count). The average molecular weight is 245 g/mol. The van der Waals surface area contributed by atoms with Gasteiger partial charge in [0.2, 0.25) is 0 Å². The summed E-state index contributed by atoms with van der Waals surface area (Å²) in [5.74, 6) is -1.19. The van der Waals surface area contributed by atoms with Crippen LogP contribution in [0.25, 0.3) is 0 Å². The number of rotatable bonds is 1. The molecule has 0 aliphatic heterocycles. The summed E-state index contributed by atoms with van der Waals surface area (Å²) in [7, 11) is 0. The maximum absolute atomic E-state index is 12.5. The van der Waals surface area contributed by atoms with Crippen LogP contribution in [0.1, 0.15) is 16.7 Å². The molecule has 0 aromatic heterocycles. The zero-order valence-electron chi connectivity index (χ0n) is 8.71. The van der Waals surface area contributed by atoms with Gasteiger partial charge in [0.15, 0.2) is 0 Å². The molecule has 3 nitrogen and oxygen atoms in total. The number of hydrogen-bond acceptors (Lipinski definition) is 2. The molecule has 0 fully saturated rings. The highest BCUT2D eigenvalue weighted by atomic mass is 19.4. The number of hydrogen-bond donors (Lipinski definition) is 2. The van der Waals surface area contributed by atoms with Gasteiger partial charge in [-0.3, -0.25) is 4.79 Å². The number of nitrogens with two attached hydrogens (primary N) is 1. The standard InChI is InChI=1S/C11H10F3NO2/c12-11(13,14)8-2-1-6-4-10(15,9(16)17)5-7(6)3-8/h1-3H,4-5,15H2,(H,16,17). The molecule has 1 atom stereocenters. The largest absolute Gasteiger partial charge is 0.480 e. The van der Waals surface area contributed by atoms with Crippen molar-refractivity contribution in [2.24, 2.45) is 5.73 Å². The third-order valence-electron chi connectivity index (χ3n) is 2.97. The molecule has 1 aliphatic rings. The Hall–Kier alpha value is -1.56. The first-order valence-corrected chi connectivity index (χ1v) is 4.94. The third kappa shape index (κ3) is 2.00. The molecule has 0 amide bonds. The van der Waals surface area contributed by atoms with Gasteiger partial charge in [0.25, 0.3) is 0 Å². The van der Waals surface area contributed by atoms with Crippen LogP contribution in [-0.2, 0) is 23.8 Å². The Labute approximate surface area is 95.0 Å². The van der Waals surface area contributed by atoms with Crippen molar-refractivity contribution in [1.29, 1.82) is 0 Å². The first kappa shape index (κ1) is 11.9. The lowest BCUT2D eigenvalue weighted by atomic mass is 9.98. The number of benzene rings is 1. The monoisotopic (exact) mass is 245 g/mol. The molecule has 0 radical (unpaired) electrons. The second-order valence-corrected chi connectivity index (χ2v) is 4.30. The molecule has 92 valence electrons. The van der Waals surface area contributed by atoms with Gasteiger partial charge in [-0.1, -0.05) is 6.07 Å². The molecule has 1 aromatic rings. The zero-order valence-corrected chi connectivity index (χ0v) is 8.71. The summed E-state index contributed by atoms with van der Waals surface area (Å²) in [6, 6.07) is 3.23. The van der Waals surface area contributed by atoms with Gasteiger partial charge in [0.05, 0.1) is 5.56 Å². The summed E-state index contributed by atoms with van der Waals surface area (Å²) in [4.78, 5) is 10.9. The van der Waals surface area contributed by atoms with Gasteiger partial charge in [-0.2, -0.15) is 13.2 Å². The molecule has 1 aromatic carbocycles. The van der Waals surface area contributed by atoms with Gasteiger partial charge in [-0.25, -0.2) is 0 Å². The van der Waals surface area contributed by atoms with E-state index in [1.165, 1.54) is 6.07 Å². The molecule has 1 aliphatic carbocycles. The van der Waals surface area contributed by atoms with E-state index in [-0.39, 0.29) is 12.8 Å². The van der Waals surface area contributed by atoms with Crippen molar-refractivity contribution in [3.05, 3.63) is 34.9 Å². The summed E-state index contributed by atoms with van der Waals surface area (Å²) >= 11 is 0. The predicted octanol–water partition coefficient (Wildman–Crippen LogP) is 1.59. The molecule has 0 saturated heterocycles. The molecule has 0 saturated carbocycles. The second kappa shape index (κ2) is 3.46. The summed E-state index contributed by atoms with van der Waals surface area (Å²) in [5.41, 5.74) is 4.32. The minimum Gasteiger partial charge on any atom is -0.480 e. The van der Waals surface area contributed by atoms with Crippen molar-refractivity contribution in [1.82, 2.24) is 0 Å². The molecular weight excluding hydrogens is 235 g/mol. The van der Waals surface area contributed by atoms with Crippen molar-refractivity contribution in [2.45, 2.75) is 24.6 Å². The molecule has 0 heterocycles. The van der Waals surface area contributed by atoms with Crippen LogP contribution in [0.3, 0.4) is 0 Å². The number of halogens is 3. The average Bonchev–Trinajstić information content (AvgIpc) is 2.52. The minimum atomic E-state index is -4.42. The smallest absolute Gasteiger partial charge is 0.416 e. The van der Waals surface area contributed by atoms with Crippen LogP contribution in [0.5, 0.6) is 0 Å². The van der Waals surface area contributed by atoms with E-state index >= 15 is 0 Å². The van der Waals surface area contributed by atoms with Gasteiger partial charge in [0.1, 0.15) is 5.54 Å². The second-order valence-electron chi connectivity index (χ2n) is 4.30. The number of fused-ring (bicyclic) bond motifs is 1. The van der Waals surface area contributed by atoms with Crippen molar-refractivity contribution in [3.63, 3.8) is 0 Å². The summed E-state index contributed by atoms with van der Waals surface area (Å²) < 4.78 is 37.4. The first-order chi connectivity index (χ1) is 7.72. The van der Waals surface area contributed by atoms with Gasteiger partial charge >= 0.3 is 12.1 Å². The Kier molecular flexibility index (Phi) is 2.43. The van der Waals surface area contributed by atoms with Crippen LogP contribution in [0.15, 0.2) is 18.2 Å². The van der Waals surface area contributed by atoms with Crippen LogP contribution in [0.2, 0.25) is 0 Å². The lowest BCUT2D eigenvalue weighted by Gasteiger charge is -2.16. The Morgan fingerprint density at radius 1 is 1.29 bits per heavy atom. The topological polar surface area (TPSA) is 63.3 Å². The summed E-state index contributed by atoms with van der Waals surface area (Å²) in [5, 5.41) is 8.93. The Morgan fingerprint density at radius 2 is 1.88 bits per heavy atom. The lowest BCUT2D eigenvalue weighted by Crippen LogP contribution is -2.48. The van der Waals surface area contributed by atoms with E-state index in [0.29, 0.717) is 11.1 Å². The predicted molar refractivity (Wildman–Crippen MR) is 53.4 cm³/mol. The first-order valence-electron chi connectivity index (χ1n) is 4.94. The summed E-state index contributed by atoms with van der Waals surface area (Å²) in [6.07, 6.45) is -4.42. The van der Waals surface area contributed by atoms with Crippen LogP contribution < -0.4 is 5.73 Å². The molecule has 1 unspecified atom stereocenters. The SMILES string of the molecule is NC1(C(=O)O)Cc2ccc(C(F)(F)F)cc2C1. The van der Waals surface area contributed by atoms with Crippen LogP contribution in [-0.4, -0.2) is 16.6 Å². The normalized spacial score (nSPS) is 23.5. The maximum Gasteiger partial charge on any atom is 0.416 e. The third-order valence-corrected chi connectivity index (χ3v) is 2.97. The highest BCUT2D eigenvalue weighted by Gasteiger charge is 2.41. The van der Waals surface area contributed by atoms with E-state index in [2.05, 4.69) is 0 Å². The molecule has 0 spiro atoms. The molecule has 17 heavy (non-hydrogen) atoms. The Balaban J connectivity index is 2.38. The zero-order chi connectivity index (χ0) is 12.8. The van der Waals surface area contributed by atoms with Gasteiger partial charge in [-0.05, 0) is 23.3 Å². The van der Waals surface area contributed by atoms with E-state index in [4.69, 9.17) is 10.8 Å². The van der Waals surface area contributed by atoms with Crippen molar-refractivity contribution < 1.29 is 23.1 Å². The van der Waals surface area contributed by atoms with Gasteiger partial charge < -0.3 is 10.8 Å². The number of carboxylic acids is 1. The summed E-state index contributed by atoms with van der Waals surface area (Å²) in [6.45, 7) is 0. The number of carbonyl (C=O) groups is 1. The van der Waals surface area contributed by atoms with E-state index in [9.17, 15) is 18.0 Å². The Morgan fingerprint density at radius 3 is 2.41 bits per heavy atom. The van der Waals surface area contributed by atoms with Crippen LogP contribution in [0.4, 0.5) is 13.2 Å². The van der Waals surface area contributed by atoms with Gasteiger partial charge in [-0.15, -0.1) is 0 Å². The van der Waals surface area contributed by atoms with Crippen molar-refractivity contribution in [3.8, 4) is 0 Å². The highest BCUT2D eigenvalue weighted by molar-refractivity contribution is 5.81. The van der Waals surface area contributed by atoms with Crippen molar-refractivity contribution in [2.75, 3.05) is 0 Å². The fourth-order valence-electron chi connectivity index (χ4n) is 2.03. The number of carboxylic acid groups (broad SMARTS) is 1. The fourth-order valence-corrected chi connectivity index (χ4v) is 2.03. The molecular formula is C11H10F3NO2. The van der Waals surface area contributed by atoms with E-state index in [0.717, 1.165) is 12.1 Å². The molecule has 6 heteroatoms. The van der Waals surface area contributed by atoms with E-state index in [1.807, 2.05) is 0 Å². The number of aliphatic carboxylic acids is 1. The maximum atomic E-state index is 12.5.